The molecule has 0 aromatic carbocycles. The summed E-state index contributed by atoms with van der Waals surface area (Å²) in [5.74, 6) is 0.608. The molecule has 21 heavy (non-hydrogen) atoms. The van der Waals surface area contributed by atoms with Gasteiger partial charge in [-0.3, -0.25) is 4.79 Å². The molecule has 5 nitrogen and oxygen atoms in total. The summed E-state index contributed by atoms with van der Waals surface area (Å²) in [7, 11) is 0. The van der Waals surface area contributed by atoms with Crippen LogP contribution in [0.5, 0.6) is 0 Å². The van der Waals surface area contributed by atoms with Crippen molar-refractivity contribution in [2.45, 2.75) is 45.6 Å². The van der Waals surface area contributed by atoms with Crippen molar-refractivity contribution in [3.63, 3.8) is 0 Å². The Kier molecular flexibility index (Phi) is 4.23. The van der Waals surface area contributed by atoms with Crippen molar-refractivity contribution >= 4 is 11.7 Å². The summed E-state index contributed by atoms with van der Waals surface area (Å²) in [5, 5.41) is 9.51. The molecule has 116 valence electrons. The van der Waals surface area contributed by atoms with Crippen molar-refractivity contribution < 1.29 is 9.90 Å². The minimum atomic E-state index is -0.168. The number of hydrogen-bond acceptors (Lipinski definition) is 4. The molecule has 5 heteroatoms. The van der Waals surface area contributed by atoms with Crippen LogP contribution in [0.25, 0.3) is 0 Å². The van der Waals surface area contributed by atoms with Crippen LogP contribution in [-0.2, 0) is 5.41 Å². The second-order valence-corrected chi connectivity index (χ2v) is 6.93. The zero-order chi connectivity index (χ0) is 15.8. The second-order valence-electron chi connectivity index (χ2n) is 6.93. The van der Waals surface area contributed by atoms with E-state index in [1.165, 1.54) is 0 Å². The fraction of sp³-hybridized carbons (Fsp3) is 0.625. The first-order valence-corrected chi connectivity index (χ1v) is 7.44. The summed E-state index contributed by atoms with van der Waals surface area (Å²) >= 11 is 0. The lowest BCUT2D eigenvalue weighted by Gasteiger charge is -2.26. The van der Waals surface area contributed by atoms with Crippen LogP contribution in [0.1, 0.15) is 50.2 Å². The molecule has 2 unspecified atom stereocenters. The van der Waals surface area contributed by atoms with Gasteiger partial charge in [-0.15, -0.1) is 0 Å². The zero-order valence-corrected chi connectivity index (χ0v) is 13.3. The third-order valence-corrected chi connectivity index (χ3v) is 4.19. The first kappa shape index (κ1) is 15.8. The molecule has 0 radical (unpaired) electrons. The highest BCUT2D eigenvalue weighted by atomic mass is 16.3. The third-order valence-electron chi connectivity index (χ3n) is 4.19. The van der Waals surface area contributed by atoms with Crippen LogP contribution in [0.15, 0.2) is 12.1 Å². The molecule has 1 saturated heterocycles. The molecule has 2 rings (SSSR count). The third kappa shape index (κ3) is 3.18. The Labute approximate surface area is 126 Å². The molecule has 2 heterocycles. The summed E-state index contributed by atoms with van der Waals surface area (Å²) in [5.41, 5.74) is 7.05. The van der Waals surface area contributed by atoms with Crippen molar-refractivity contribution in [2.24, 2.45) is 5.92 Å². The number of aliphatic hydroxyl groups is 1. The molecule has 2 atom stereocenters. The highest BCUT2D eigenvalue weighted by Gasteiger charge is 2.34. The first-order valence-electron chi connectivity index (χ1n) is 7.44. The van der Waals surface area contributed by atoms with Crippen LogP contribution >= 0.6 is 0 Å². The SMILES string of the molecule is CC1CCN(C(=O)c2cc(N)nc(C(C)(C)C)c2)C1CO. The van der Waals surface area contributed by atoms with Crippen molar-refractivity contribution in [2.75, 3.05) is 18.9 Å². The number of anilines is 1. The molecule has 1 aromatic rings. The number of rotatable bonds is 2. The number of likely N-dealkylation sites (tertiary alicyclic amines) is 1. The van der Waals surface area contributed by atoms with Gasteiger partial charge in [0.05, 0.1) is 12.6 Å². The Balaban J connectivity index is 2.34. The molecule has 1 fully saturated rings. The summed E-state index contributed by atoms with van der Waals surface area (Å²) < 4.78 is 0. The fourth-order valence-electron chi connectivity index (χ4n) is 2.76. The van der Waals surface area contributed by atoms with E-state index in [1.807, 2.05) is 26.8 Å². The molecule has 1 aliphatic heterocycles. The maximum Gasteiger partial charge on any atom is 0.254 e. The number of aromatic nitrogens is 1. The smallest absolute Gasteiger partial charge is 0.254 e. The number of nitrogens with zero attached hydrogens (tertiary/aromatic N) is 2. The summed E-state index contributed by atoms with van der Waals surface area (Å²) in [6.45, 7) is 8.86. The molecule has 1 aromatic heterocycles. The standard InChI is InChI=1S/C16H25N3O2/c1-10-5-6-19(12(10)9-20)15(21)11-7-13(16(2,3)4)18-14(17)8-11/h7-8,10,12,20H,5-6,9H2,1-4H3,(H2,17,18). The van der Waals surface area contributed by atoms with E-state index in [0.717, 1.165) is 12.1 Å². The summed E-state index contributed by atoms with van der Waals surface area (Å²) in [6.07, 6.45) is 0.920. The second kappa shape index (κ2) is 5.64. The monoisotopic (exact) mass is 291 g/mol. The number of pyridine rings is 1. The predicted molar refractivity (Wildman–Crippen MR) is 83.0 cm³/mol. The zero-order valence-electron chi connectivity index (χ0n) is 13.3. The Morgan fingerprint density at radius 3 is 2.71 bits per heavy atom. The Bertz CT molecular complexity index is 537. The van der Waals surface area contributed by atoms with Crippen LogP contribution < -0.4 is 5.73 Å². The van der Waals surface area contributed by atoms with Gasteiger partial charge in [-0.25, -0.2) is 4.98 Å². The highest BCUT2D eigenvalue weighted by molar-refractivity contribution is 5.95. The molecule has 0 spiro atoms. The van der Waals surface area contributed by atoms with Crippen LogP contribution in [0.4, 0.5) is 5.82 Å². The average Bonchev–Trinajstić information content (AvgIpc) is 2.77. The Hall–Kier alpha value is -1.62. The van der Waals surface area contributed by atoms with Gasteiger partial charge < -0.3 is 15.7 Å². The van der Waals surface area contributed by atoms with E-state index in [4.69, 9.17) is 5.73 Å². The minimum absolute atomic E-state index is 0.000396. The van der Waals surface area contributed by atoms with Gasteiger partial charge in [0.2, 0.25) is 0 Å². The van der Waals surface area contributed by atoms with Gasteiger partial charge in [0.1, 0.15) is 5.82 Å². The summed E-state index contributed by atoms with van der Waals surface area (Å²) in [4.78, 5) is 18.8. The van der Waals surface area contributed by atoms with Crippen molar-refractivity contribution in [1.82, 2.24) is 9.88 Å². The molecule has 0 aliphatic carbocycles. The van der Waals surface area contributed by atoms with Gasteiger partial charge in [0.25, 0.3) is 5.91 Å². The van der Waals surface area contributed by atoms with Crippen LogP contribution in [0.3, 0.4) is 0 Å². The number of nitrogen functional groups attached to an aromatic ring is 1. The molecular weight excluding hydrogens is 266 g/mol. The van der Waals surface area contributed by atoms with Gasteiger partial charge in [-0.1, -0.05) is 27.7 Å². The Morgan fingerprint density at radius 1 is 1.48 bits per heavy atom. The number of carbonyl (C=O) groups excluding carboxylic acids is 1. The van der Waals surface area contributed by atoms with Gasteiger partial charge in [0.15, 0.2) is 0 Å². The summed E-state index contributed by atoms with van der Waals surface area (Å²) in [6, 6.07) is 3.33. The largest absolute Gasteiger partial charge is 0.394 e. The molecule has 1 aliphatic rings. The van der Waals surface area contributed by atoms with Crippen LogP contribution in [-0.4, -0.2) is 40.1 Å². The molecular formula is C16H25N3O2. The van der Waals surface area contributed by atoms with Crippen molar-refractivity contribution in [3.05, 3.63) is 23.4 Å². The topological polar surface area (TPSA) is 79.5 Å². The maximum absolute atomic E-state index is 12.7. The number of hydrogen-bond donors (Lipinski definition) is 2. The lowest BCUT2D eigenvalue weighted by atomic mass is 9.90. The van der Waals surface area contributed by atoms with Crippen molar-refractivity contribution in [3.8, 4) is 0 Å². The van der Waals surface area contributed by atoms with Gasteiger partial charge >= 0.3 is 0 Å². The Morgan fingerprint density at radius 2 is 2.14 bits per heavy atom. The highest BCUT2D eigenvalue weighted by Crippen LogP contribution is 2.27. The van der Waals surface area contributed by atoms with E-state index < -0.39 is 0 Å². The molecule has 0 saturated carbocycles. The first-order chi connectivity index (χ1) is 9.74. The lowest BCUT2D eigenvalue weighted by Crippen LogP contribution is -2.40. The minimum Gasteiger partial charge on any atom is -0.394 e. The van der Waals surface area contributed by atoms with Gasteiger partial charge in [-0.05, 0) is 24.5 Å². The van der Waals surface area contributed by atoms with E-state index in [1.54, 1.807) is 11.0 Å². The maximum atomic E-state index is 12.7. The van der Waals surface area contributed by atoms with Gasteiger partial charge in [-0.2, -0.15) is 0 Å². The molecule has 3 N–H and O–H groups in total. The number of aliphatic hydroxyl groups excluding tert-OH is 1. The van der Waals surface area contributed by atoms with E-state index in [9.17, 15) is 9.90 Å². The number of nitrogens with two attached hydrogens (primary N) is 1. The van der Waals surface area contributed by atoms with Crippen LogP contribution in [0, 0.1) is 5.92 Å². The van der Waals surface area contributed by atoms with Crippen molar-refractivity contribution in [1.29, 1.82) is 0 Å². The number of amides is 1. The van der Waals surface area contributed by atoms with E-state index >= 15 is 0 Å². The predicted octanol–water partition coefficient (Wildman–Crippen LogP) is 1.80. The van der Waals surface area contributed by atoms with Gasteiger partial charge in [0, 0.05) is 23.2 Å². The van der Waals surface area contributed by atoms with E-state index in [2.05, 4.69) is 11.9 Å². The fourth-order valence-corrected chi connectivity index (χ4v) is 2.76. The lowest BCUT2D eigenvalue weighted by molar-refractivity contribution is 0.0648. The number of carbonyl (C=O) groups is 1. The van der Waals surface area contributed by atoms with E-state index in [0.29, 0.717) is 23.8 Å². The average molecular weight is 291 g/mol. The molecule has 0 bridgehead atoms. The van der Waals surface area contributed by atoms with E-state index in [-0.39, 0.29) is 24.0 Å². The normalized spacial score (nSPS) is 22.6. The van der Waals surface area contributed by atoms with Crippen LogP contribution in [0.2, 0.25) is 0 Å². The molecule has 1 amide bonds. The quantitative estimate of drug-likeness (QED) is 0.871.